The van der Waals surface area contributed by atoms with Gasteiger partial charge in [-0.1, -0.05) is 5.16 Å². The number of hydrogen-bond donors (Lipinski definition) is 2. The number of hydrogen-bond acceptors (Lipinski definition) is 5. The molecule has 0 atom stereocenters. The van der Waals surface area contributed by atoms with Crippen LogP contribution in [0.2, 0.25) is 0 Å². The van der Waals surface area contributed by atoms with Crippen molar-refractivity contribution in [3.8, 4) is 17.1 Å². The molecule has 1 aromatic heterocycles. The van der Waals surface area contributed by atoms with Crippen LogP contribution in [0, 0.1) is 0 Å². The van der Waals surface area contributed by atoms with Crippen molar-refractivity contribution in [1.29, 1.82) is 0 Å². The van der Waals surface area contributed by atoms with Gasteiger partial charge in [-0.15, -0.1) is 0 Å². The smallest absolute Gasteiger partial charge is 0.358 e. The summed E-state index contributed by atoms with van der Waals surface area (Å²) in [5, 5.41) is 14.9. The standard InChI is InChI=1S/C12H8N2O5/c15-11-5-18-10-3-6(1-2-7(10)13-11)9-4-8(12(16)17)14-19-9/h1-4H,5H2,(H,13,15)(H,16,17). The first-order chi connectivity index (χ1) is 9.13. The van der Waals surface area contributed by atoms with Crippen molar-refractivity contribution in [2.24, 2.45) is 0 Å². The predicted molar refractivity (Wildman–Crippen MR) is 63.0 cm³/mol. The number of rotatable bonds is 2. The molecule has 2 N–H and O–H groups in total. The zero-order chi connectivity index (χ0) is 13.4. The molecule has 1 amide bonds. The zero-order valence-corrected chi connectivity index (χ0v) is 9.54. The fraction of sp³-hybridized carbons (Fsp3) is 0.0833. The number of ether oxygens (including phenoxy) is 1. The third-order valence-electron chi connectivity index (χ3n) is 2.63. The molecule has 0 radical (unpaired) electrons. The first-order valence-corrected chi connectivity index (χ1v) is 5.40. The van der Waals surface area contributed by atoms with Gasteiger partial charge in [0.2, 0.25) is 0 Å². The first kappa shape index (κ1) is 11.3. The van der Waals surface area contributed by atoms with Gasteiger partial charge in [-0.05, 0) is 18.2 Å². The average molecular weight is 260 g/mol. The molecule has 2 heterocycles. The summed E-state index contributed by atoms with van der Waals surface area (Å²) in [5.41, 5.74) is 1.02. The fourth-order valence-electron chi connectivity index (χ4n) is 1.74. The average Bonchev–Trinajstić information content (AvgIpc) is 2.88. The molecule has 0 spiro atoms. The maximum Gasteiger partial charge on any atom is 0.358 e. The van der Waals surface area contributed by atoms with Crippen molar-refractivity contribution in [3.05, 3.63) is 30.0 Å². The lowest BCUT2D eigenvalue weighted by Crippen LogP contribution is -2.25. The van der Waals surface area contributed by atoms with Gasteiger partial charge in [0.1, 0.15) is 5.75 Å². The van der Waals surface area contributed by atoms with Crippen molar-refractivity contribution in [2.75, 3.05) is 11.9 Å². The van der Waals surface area contributed by atoms with E-state index in [-0.39, 0.29) is 18.2 Å². The van der Waals surface area contributed by atoms with Gasteiger partial charge in [0, 0.05) is 11.6 Å². The molecule has 7 nitrogen and oxygen atoms in total. The van der Waals surface area contributed by atoms with Gasteiger partial charge in [-0.3, -0.25) is 4.79 Å². The highest BCUT2D eigenvalue weighted by Crippen LogP contribution is 2.32. The molecule has 1 aromatic carbocycles. The van der Waals surface area contributed by atoms with E-state index >= 15 is 0 Å². The molecule has 0 bridgehead atoms. The molecule has 1 aliphatic heterocycles. The molecule has 0 unspecified atom stereocenters. The van der Waals surface area contributed by atoms with Crippen LogP contribution in [-0.2, 0) is 4.79 Å². The molecule has 2 aromatic rings. The SMILES string of the molecule is O=C1COc2cc(-c3cc(C(=O)O)no3)ccc2N1. The summed E-state index contributed by atoms with van der Waals surface area (Å²) < 4.78 is 10.2. The lowest BCUT2D eigenvalue weighted by molar-refractivity contribution is -0.118. The Balaban J connectivity index is 1.97. The zero-order valence-electron chi connectivity index (χ0n) is 9.54. The van der Waals surface area contributed by atoms with Gasteiger partial charge in [-0.2, -0.15) is 0 Å². The Morgan fingerprint density at radius 1 is 1.37 bits per heavy atom. The van der Waals surface area contributed by atoms with Crippen LogP contribution in [0.3, 0.4) is 0 Å². The minimum atomic E-state index is -1.16. The molecule has 96 valence electrons. The fourth-order valence-corrected chi connectivity index (χ4v) is 1.74. The number of carboxylic acids is 1. The summed E-state index contributed by atoms with van der Waals surface area (Å²) in [5.74, 6) is -0.546. The number of carbonyl (C=O) groups is 2. The van der Waals surface area contributed by atoms with E-state index in [1.165, 1.54) is 6.07 Å². The van der Waals surface area contributed by atoms with E-state index in [2.05, 4.69) is 10.5 Å². The number of aromatic carboxylic acids is 1. The summed E-state index contributed by atoms with van der Waals surface area (Å²) >= 11 is 0. The Labute approximate surface area is 106 Å². The van der Waals surface area contributed by atoms with Crippen LogP contribution >= 0.6 is 0 Å². The molecule has 7 heteroatoms. The first-order valence-electron chi connectivity index (χ1n) is 5.40. The number of anilines is 1. The maximum absolute atomic E-state index is 11.1. The Hall–Kier alpha value is -2.83. The van der Waals surface area contributed by atoms with Crippen LogP contribution in [-0.4, -0.2) is 28.7 Å². The summed E-state index contributed by atoms with van der Waals surface area (Å²) in [4.78, 5) is 21.8. The van der Waals surface area contributed by atoms with E-state index in [1.807, 2.05) is 0 Å². The second kappa shape index (κ2) is 4.13. The van der Waals surface area contributed by atoms with E-state index < -0.39 is 5.97 Å². The monoisotopic (exact) mass is 260 g/mol. The number of fused-ring (bicyclic) bond motifs is 1. The van der Waals surface area contributed by atoms with E-state index in [0.29, 0.717) is 22.8 Å². The molecule has 0 saturated heterocycles. The van der Waals surface area contributed by atoms with E-state index in [9.17, 15) is 9.59 Å². The van der Waals surface area contributed by atoms with Crippen LogP contribution < -0.4 is 10.1 Å². The largest absolute Gasteiger partial charge is 0.482 e. The van der Waals surface area contributed by atoms with Gasteiger partial charge in [-0.25, -0.2) is 4.79 Å². The Kier molecular flexibility index (Phi) is 2.45. The van der Waals surface area contributed by atoms with Gasteiger partial charge in [0.25, 0.3) is 5.91 Å². The third-order valence-corrected chi connectivity index (χ3v) is 2.63. The highest BCUT2D eigenvalue weighted by Gasteiger charge is 2.18. The van der Waals surface area contributed by atoms with Crippen molar-refractivity contribution < 1.29 is 24.0 Å². The lowest BCUT2D eigenvalue weighted by atomic mass is 10.1. The molecule has 0 fully saturated rings. The van der Waals surface area contributed by atoms with Crippen LogP contribution in [0.15, 0.2) is 28.8 Å². The van der Waals surface area contributed by atoms with Crippen LogP contribution in [0.25, 0.3) is 11.3 Å². The number of nitrogens with one attached hydrogen (secondary N) is 1. The van der Waals surface area contributed by atoms with Gasteiger partial charge >= 0.3 is 5.97 Å². The van der Waals surface area contributed by atoms with Crippen LogP contribution in [0.4, 0.5) is 5.69 Å². The summed E-state index contributed by atoms with van der Waals surface area (Å²) in [7, 11) is 0. The molecule has 1 aliphatic rings. The van der Waals surface area contributed by atoms with E-state index in [1.54, 1.807) is 18.2 Å². The molecular weight excluding hydrogens is 252 g/mol. The third kappa shape index (κ3) is 2.01. The minimum absolute atomic E-state index is 0.0484. The molecule has 0 aliphatic carbocycles. The highest BCUT2D eigenvalue weighted by molar-refractivity contribution is 5.96. The molecule has 19 heavy (non-hydrogen) atoms. The second-order valence-corrected chi connectivity index (χ2v) is 3.93. The topological polar surface area (TPSA) is 102 Å². The van der Waals surface area contributed by atoms with Gasteiger partial charge in [0.05, 0.1) is 5.69 Å². The van der Waals surface area contributed by atoms with Gasteiger partial charge in [0.15, 0.2) is 18.1 Å². The molecule has 3 rings (SSSR count). The van der Waals surface area contributed by atoms with Gasteiger partial charge < -0.3 is 19.7 Å². The molecule has 0 saturated carbocycles. The summed E-state index contributed by atoms with van der Waals surface area (Å²) in [6.45, 7) is -0.0484. The van der Waals surface area contributed by atoms with Crippen molar-refractivity contribution >= 4 is 17.6 Å². The number of carboxylic acid groups (broad SMARTS) is 1. The summed E-state index contributed by atoms with van der Waals surface area (Å²) in [6.07, 6.45) is 0. The van der Waals surface area contributed by atoms with Crippen molar-refractivity contribution in [1.82, 2.24) is 5.16 Å². The van der Waals surface area contributed by atoms with Crippen LogP contribution in [0.1, 0.15) is 10.5 Å². The summed E-state index contributed by atoms with van der Waals surface area (Å²) in [6, 6.07) is 6.32. The van der Waals surface area contributed by atoms with Crippen molar-refractivity contribution in [2.45, 2.75) is 0 Å². The predicted octanol–water partition coefficient (Wildman–Crippen LogP) is 1.37. The number of aromatic nitrogens is 1. The Bertz CT molecular complexity index is 677. The van der Waals surface area contributed by atoms with E-state index in [0.717, 1.165) is 0 Å². The number of amides is 1. The number of carbonyl (C=O) groups excluding carboxylic acids is 1. The quantitative estimate of drug-likeness (QED) is 0.845. The van der Waals surface area contributed by atoms with Crippen molar-refractivity contribution in [3.63, 3.8) is 0 Å². The second-order valence-electron chi connectivity index (χ2n) is 3.93. The minimum Gasteiger partial charge on any atom is -0.482 e. The molecular formula is C12H8N2O5. The maximum atomic E-state index is 11.1. The number of nitrogens with zero attached hydrogens (tertiary/aromatic N) is 1. The van der Waals surface area contributed by atoms with Crippen LogP contribution in [0.5, 0.6) is 5.75 Å². The van der Waals surface area contributed by atoms with E-state index in [4.69, 9.17) is 14.4 Å². The lowest BCUT2D eigenvalue weighted by Gasteiger charge is -2.17. The Morgan fingerprint density at radius 2 is 2.21 bits per heavy atom. The number of benzene rings is 1. The Morgan fingerprint density at radius 3 is 2.95 bits per heavy atom. The highest BCUT2D eigenvalue weighted by atomic mass is 16.5. The normalized spacial score (nSPS) is 13.4.